The molecule has 5 nitrogen and oxygen atoms in total. The Kier molecular flexibility index (Phi) is 8.14. The largest absolute Gasteiger partial charge is 0.478 e. The lowest BCUT2D eigenvalue weighted by Gasteiger charge is -2.23. The number of carbonyl (C=O) groups is 1. The predicted molar refractivity (Wildman–Crippen MR) is 130 cm³/mol. The third-order valence-electron chi connectivity index (χ3n) is 5.27. The summed E-state index contributed by atoms with van der Waals surface area (Å²) in [5.41, 5.74) is -1.01. The topological polar surface area (TPSA) is 76.0 Å². The summed E-state index contributed by atoms with van der Waals surface area (Å²) in [6.45, 7) is 2.77. The van der Waals surface area contributed by atoms with Crippen LogP contribution in [0, 0.1) is 4.91 Å². The molecule has 2 aromatic carbocycles. The second kappa shape index (κ2) is 10.6. The molecule has 1 heterocycles. The van der Waals surface area contributed by atoms with Crippen LogP contribution in [0.1, 0.15) is 42.3 Å². The summed E-state index contributed by atoms with van der Waals surface area (Å²) < 4.78 is 43.8. The quantitative estimate of drug-likeness (QED) is 0.274. The van der Waals surface area contributed by atoms with Gasteiger partial charge in [-0.25, -0.2) is 4.79 Å². The molecule has 0 aliphatic carbocycles. The maximum absolute atomic E-state index is 12.8. The number of alkyl halides is 3. The molecule has 0 aliphatic heterocycles. The first-order valence-corrected chi connectivity index (χ1v) is 11.9. The van der Waals surface area contributed by atoms with Crippen molar-refractivity contribution in [2.75, 3.05) is 0 Å². The normalized spacial score (nSPS) is 12.9. The van der Waals surface area contributed by atoms with E-state index in [-0.39, 0.29) is 15.8 Å². The number of thiophene rings is 1. The van der Waals surface area contributed by atoms with Gasteiger partial charge >= 0.3 is 12.1 Å². The van der Waals surface area contributed by atoms with Gasteiger partial charge in [0, 0.05) is 9.75 Å². The Morgan fingerprint density at radius 1 is 1.06 bits per heavy atom. The molecule has 3 aromatic rings. The molecule has 1 atom stereocenters. The molecule has 0 bridgehead atoms. The standard InChI is InChI=1S/C24H20Cl2F3NO4S/c1-23(2,22(31)32)34-17-10-6-14(20(25)21(17)26)5-9-16(30-33)19-12-11-18(35-19)13-3-7-15(8-4-13)24(27,28)29/h3-4,6-8,10-12,16H,5,9H2,1-2H3,(H,31,32). The van der Waals surface area contributed by atoms with Crippen LogP contribution in [0.2, 0.25) is 10.0 Å². The van der Waals surface area contributed by atoms with Crippen molar-refractivity contribution in [2.24, 2.45) is 5.18 Å². The van der Waals surface area contributed by atoms with Crippen molar-refractivity contribution in [1.29, 1.82) is 0 Å². The Morgan fingerprint density at radius 2 is 1.71 bits per heavy atom. The molecule has 186 valence electrons. The number of carboxylic acids is 1. The molecule has 35 heavy (non-hydrogen) atoms. The van der Waals surface area contributed by atoms with Gasteiger partial charge in [0.05, 0.1) is 10.6 Å². The number of hydrogen-bond acceptors (Lipinski definition) is 5. The molecular formula is C24H20Cl2F3NO4S. The molecule has 1 unspecified atom stereocenters. The molecule has 0 amide bonds. The molecule has 0 fully saturated rings. The fraction of sp³-hybridized carbons (Fsp3) is 0.292. The van der Waals surface area contributed by atoms with E-state index in [2.05, 4.69) is 5.18 Å². The lowest BCUT2D eigenvalue weighted by Crippen LogP contribution is -2.38. The van der Waals surface area contributed by atoms with Crippen LogP contribution in [0.3, 0.4) is 0 Å². The van der Waals surface area contributed by atoms with Crippen LogP contribution in [0.4, 0.5) is 13.2 Å². The third kappa shape index (κ3) is 6.34. The zero-order valence-electron chi connectivity index (χ0n) is 18.5. The number of hydrogen-bond donors (Lipinski definition) is 1. The molecule has 0 radical (unpaired) electrons. The number of benzene rings is 2. The van der Waals surface area contributed by atoms with Crippen LogP contribution < -0.4 is 4.74 Å². The molecule has 0 spiro atoms. The van der Waals surface area contributed by atoms with Crippen LogP contribution >= 0.6 is 34.5 Å². The molecular weight excluding hydrogens is 526 g/mol. The summed E-state index contributed by atoms with van der Waals surface area (Å²) in [5.74, 6) is -1.04. The van der Waals surface area contributed by atoms with E-state index in [9.17, 15) is 28.0 Å². The molecule has 0 saturated carbocycles. The number of halogens is 5. The van der Waals surface area contributed by atoms with E-state index in [1.807, 2.05) is 0 Å². The summed E-state index contributed by atoms with van der Waals surface area (Å²) in [7, 11) is 0. The van der Waals surface area contributed by atoms with Gasteiger partial charge in [-0.05, 0) is 68.1 Å². The Morgan fingerprint density at radius 3 is 2.29 bits per heavy atom. The maximum Gasteiger partial charge on any atom is 0.416 e. The van der Waals surface area contributed by atoms with E-state index >= 15 is 0 Å². The highest BCUT2D eigenvalue weighted by Crippen LogP contribution is 2.40. The lowest BCUT2D eigenvalue weighted by molar-refractivity contribution is -0.152. The fourth-order valence-corrected chi connectivity index (χ4v) is 4.76. The van der Waals surface area contributed by atoms with Gasteiger partial charge in [0.1, 0.15) is 16.8 Å². The first-order chi connectivity index (χ1) is 16.3. The summed E-state index contributed by atoms with van der Waals surface area (Å²) in [4.78, 5) is 24.2. The van der Waals surface area contributed by atoms with Crippen molar-refractivity contribution < 1.29 is 27.8 Å². The summed E-state index contributed by atoms with van der Waals surface area (Å²) in [6.07, 6.45) is -3.74. The number of aliphatic carboxylic acids is 1. The van der Waals surface area contributed by atoms with Crippen LogP contribution in [0.5, 0.6) is 5.75 Å². The number of rotatable bonds is 9. The number of nitrogens with zero attached hydrogens (tertiary/aromatic N) is 1. The third-order valence-corrected chi connectivity index (χ3v) is 7.41. The van der Waals surface area contributed by atoms with Gasteiger partial charge in [-0.1, -0.05) is 46.6 Å². The molecule has 1 N–H and O–H groups in total. The highest BCUT2D eigenvalue weighted by Gasteiger charge is 2.31. The highest BCUT2D eigenvalue weighted by atomic mass is 35.5. The van der Waals surface area contributed by atoms with Gasteiger partial charge in [0.15, 0.2) is 5.60 Å². The minimum Gasteiger partial charge on any atom is -0.478 e. The van der Waals surface area contributed by atoms with Gasteiger partial charge < -0.3 is 9.84 Å². The van der Waals surface area contributed by atoms with Gasteiger partial charge in [0.25, 0.3) is 0 Å². The summed E-state index contributed by atoms with van der Waals surface area (Å²) in [5, 5.41) is 12.7. The molecule has 0 saturated heterocycles. The minimum atomic E-state index is -4.41. The van der Waals surface area contributed by atoms with E-state index in [1.165, 1.54) is 43.4 Å². The van der Waals surface area contributed by atoms with E-state index in [4.69, 9.17) is 27.9 Å². The second-order valence-corrected chi connectivity index (χ2v) is 10.1. The van der Waals surface area contributed by atoms with Crippen molar-refractivity contribution in [3.05, 3.63) is 79.5 Å². The average Bonchev–Trinajstić information content (AvgIpc) is 3.28. The van der Waals surface area contributed by atoms with Crippen LogP contribution in [-0.4, -0.2) is 16.7 Å². The monoisotopic (exact) mass is 545 g/mol. The van der Waals surface area contributed by atoms with Crippen molar-refractivity contribution in [2.45, 2.75) is 44.5 Å². The molecule has 3 rings (SSSR count). The van der Waals surface area contributed by atoms with E-state index in [0.717, 1.165) is 12.1 Å². The smallest absolute Gasteiger partial charge is 0.416 e. The van der Waals surface area contributed by atoms with Gasteiger partial charge in [0.2, 0.25) is 0 Å². The zero-order valence-corrected chi connectivity index (χ0v) is 20.9. The Labute approximate surface area is 213 Å². The zero-order chi connectivity index (χ0) is 26.0. The Hall–Kier alpha value is -2.62. The summed E-state index contributed by atoms with van der Waals surface area (Å²) in [6, 6.07) is 10.7. The van der Waals surface area contributed by atoms with E-state index in [0.29, 0.717) is 33.7 Å². The van der Waals surface area contributed by atoms with Gasteiger partial charge in [-0.2, -0.15) is 18.1 Å². The van der Waals surface area contributed by atoms with Crippen molar-refractivity contribution in [3.63, 3.8) is 0 Å². The maximum atomic E-state index is 12.8. The predicted octanol–water partition coefficient (Wildman–Crippen LogP) is 8.42. The lowest BCUT2D eigenvalue weighted by atomic mass is 10.0. The Bertz CT molecular complexity index is 1230. The van der Waals surface area contributed by atoms with E-state index < -0.39 is 29.4 Å². The second-order valence-electron chi connectivity index (χ2n) is 8.21. The van der Waals surface area contributed by atoms with Crippen molar-refractivity contribution >= 4 is 40.5 Å². The number of ether oxygens (including phenoxy) is 1. The first kappa shape index (κ1) is 27.0. The van der Waals surface area contributed by atoms with Crippen molar-refractivity contribution in [1.82, 2.24) is 0 Å². The highest BCUT2D eigenvalue weighted by molar-refractivity contribution is 7.15. The number of aryl methyl sites for hydroxylation is 1. The first-order valence-electron chi connectivity index (χ1n) is 10.3. The number of nitroso groups, excluding NO2 is 1. The molecule has 11 heteroatoms. The molecule has 1 aromatic heterocycles. The van der Waals surface area contributed by atoms with Crippen molar-refractivity contribution in [3.8, 4) is 16.2 Å². The fourth-order valence-electron chi connectivity index (χ4n) is 3.21. The molecule has 0 aliphatic rings. The number of carboxylic acid groups (broad SMARTS) is 1. The van der Waals surface area contributed by atoms with Gasteiger partial charge in [-0.15, -0.1) is 11.3 Å². The van der Waals surface area contributed by atoms with Crippen LogP contribution in [-0.2, 0) is 17.4 Å². The average molecular weight is 546 g/mol. The minimum absolute atomic E-state index is 0.0646. The van der Waals surface area contributed by atoms with Crippen LogP contribution in [0.15, 0.2) is 53.7 Å². The van der Waals surface area contributed by atoms with Crippen LogP contribution in [0.25, 0.3) is 10.4 Å². The van der Waals surface area contributed by atoms with E-state index in [1.54, 1.807) is 18.2 Å². The Balaban J connectivity index is 1.72. The summed E-state index contributed by atoms with van der Waals surface area (Å²) >= 11 is 13.9. The van der Waals surface area contributed by atoms with Gasteiger partial charge in [-0.3, -0.25) is 0 Å². The SMILES string of the molecule is CC(C)(Oc1ccc(CCC(N=O)c2ccc(-c3ccc(C(F)(F)F)cc3)s2)c(Cl)c1Cl)C(=O)O.